The van der Waals surface area contributed by atoms with E-state index in [1.165, 1.54) is 12.1 Å². The Balaban J connectivity index is 3.37. The van der Waals surface area contributed by atoms with E-state index < -0.39 is 5.97 Å². The van der Waals surface area contributed by atoms with Gasteiger partial charge in [0, 0.05) is 0 Å². The number of nitrogens with two attached hydrogens (primary N) is 2. The molecule has 0 aliphatic heterocycles. The molecule has 0 atom stereocenters. The van der Waals surface area contributed by atoms with Crippen LogP contribution < -0.4 is 16.6 Å². The van der Waals surface area contributed by atoms with Crippen LogP contribution in [0.2, 0.25) is 10.0 Å². The van der Waals surface area contributed by atoms with Crippen molar-refractivity contribution in [3.63, 3.8) is 0 Å². The summed E-state index contributed by atoms with van der Waals surface area (Å²) in [6.07, 6.45) is 0. The fraction of sp³-hybridized carbons (Fsp3) is 0. The maximum absolute atomic E-state index is 11.1. The Morgan fingerprint density at radius 2 is 1.79 bits per heavy atom. The number of hydrogen-bond donors (Lipinski definition) is 2. The largest absolute Gasteiger partial charge is 0.409 e. The van der Waals surface area contributed by atoms with Crippen LogP contribution in [0.25, 0.3) is 0 Å². The van der Waals surface area contributed by atoms with Crippen molar-refractivity contribution in [1.82, 2.24) is 0 Å². The number of rotatable bonds is 2. The summed E-state index contributed by atoms with van der Waals surface area (Å²) in [4.78, 5) is 19.5. The van der Waals surface area contributed by atoms with Crippen LogP contribution in [0.1, 0.15) is 10.4 Å². The molecule has 14 heavy (non-hydrogen) atoms. The molecule has 76 valence electrons. The van der Waals surface area contributed by atoms with Crippen LogP contribution in [-0.2, 0) is 4.84 Å². The fourth-order valence-corrected chi connectivity index (χ4v) is 1.33. The Morgan fingerprint density at radius 1 is 1.21 bits per heavy atom. The molecule has 4 N–H and O–H groups in total. The monoisotopic (exact) mass is 236 g/mol. The quantitative estimate of drug-likeness (QED) is 0.756. The minimum absolute atomic E-state index is 0.0744. The van der Waals surface area contributed by atoms with E-state index in [-0.39, 0.29) is 21.4 Å². The van der Waals surface area contributed by atoms with Gasteiger partial charge in [-0.25, -0.2) is 4.79 Å². The Labute approximate surface area is 89.4 Å². The topological polar surface area (TPSA) is 87.6 Å². The highest BCUT2D eigenvalue weighted by Gasteiger charge is 2.20. The second-order valence-electron chi connectivity index (χ2n) is 2.26. The van der Waals surface area contributed by atoms with E-state index in [9.17, 15) is 4.79 Å². The maximum Gasteiger partial charge on any atom is 0.362 e. The van der Waals surface area contributed by atoms with E-state index in [0.29, 0.717) is 0 Å². The SMILES string of the molecule is NOC(=O)c1c(Cl)ccc(Cl)c1ON. The molecule has 0 saturated carbocycles. The smallest absolute Gasteiger partial charge is 0.362 e. The predicted octanol–water partition coefficient (Wildman–Crippen LogP) is 1.28. The first-order valence-corrected chi connectivity index (χ1v) is 4.13. The van der Waals surface area contributed by atoms with E-state index in [0.717, 1.165) is 0 Å². The average Bonchev–Trinajstić information content (AvgIpc) is 2.19. The standard InChI is InChI=1S/C7H6Cl2N2O3/c8-3-1-2-4(9)6(13-10)5(3)7(12)14-11/h1-2H,10-11H2. The lowest BCUT2D eigenvalue weighted by Crippen LogP contribution is -2.14. The minimum atomic E-state index is -0.877. The second-order valence-corrected chi connectivity index (χ2v) is 3.07. The lowest BCUT2D eigenvalue weighted by Gasteiger charge is -2.08. The van der Waals surface area contributed by atoms with Crippen molar-refractivity contribution in [2.45, 2.75) is 0 Å². The van der Waals surface area contributed by atoms with Gasteiger partial charge in [0.05, 0.1) is 10.0 Å². The molecular formula is C7H6Cl2N2O3. The van der Waals surface area contributed by atoms with Crippen molar-refractivity contribution in [3.05, 3.63) is 27.7 Å². The van der Waals surface area contributed by atoms with Crippen molar-refractivity contribution < 1.29 is 14.5 Å². The van der Waals surface area contributed by atoms with Gasteiger partial charge in [0.1, 0.15) is 5.56 Å². The van der Waals surface area contributed by atoms with E-state index in [2.05, 4.69) is 9.68 Å². The summed E-state index contributed by atoms with van der Waals surface area (Å²) in [6.45, 7) is 0. The van der Waals surface area contributed by atoms with Crippen LogP contribution in [0.4, 0.5) is 0 Å². The molecule has 1 rings (SSSR count). The molecule has 0 unspecified atom stereocenters. The zero-order valence-corrected chi connectivity index (χ0v) is 8.30. The first-order chi connectivity index (χ1) is 6.61. The number of benzene rings is 1. The summed E-state index contributed by atoms with van der Waals surface area (Å²) in [6, 6.07) is 2.83. The molecule has 1 aromatic carbocycles. The van der Waals surface area contributed by atoms with Gasteiger partial charge in [-0.1, -0.05) is 23.2 Å². The third kappa shape index (κ3) is 1.91. The average molecular weight is 237 g/mol. The molecule has 0 amide bonds. The highest BCUT2D eigenvalue weighted by molar-refractivity contribution is 6.37. The summed E-state index contributed by atoms with van der Waals surface area (Å²) in [5.74, 6) is 8.67. The number of carbonyl (C=O) groups excluding carboxylic acids is 1. The van der Waals surface area contributed by atoms with Crippen LogP contribution in [0, 0.1) is 0 Å². The normalized spacial score (nSPS) is 9.71. The van der Waals surface area contributed by atoms with Crippen LogP contribution in [0.3, 0.4) is 0 Å². The molecule has 0 fully saturated rings. The zero-order chi connectivity index (χ0) is 10.7. The van der Waals surface area contributed by atoms with Crippen molar-refractivity contribution in [2.75, 3.05) is 0 Å². The summed E-state index contributed by atoms with van der Waals surface area (Å²) >= 11 is 11.4. The van der Waals surface area contributed by atoms with E-state index >= 15 is 0 Å². The highest BCUT2D eigenvalue weighted by Crippen LogP contribution is 2.33. The molecule has 0 saturated heterocycles. The van der Waals surface area contributed by atoms with Gasteiger partial charge < -0.3 is 9.68 Å². The van der Waals surface area contributed by atoms with Crippen LogP contribution >= 0.6 is 23.2 Å². The highest BCUT2D eigenvalue weighted by atomic mass is 35.5. The first kappa shape index (κ1) is 11.1. The number of hydrogen-bond acceptors (Lipinski definition) is 5. The van der Waals surface area contributed by atoms with Crippen molar-refractivity contribution in [1.29, 1.82) is 0 Å². The molecule has 5 nitrogen and oxygen atoms in total. The summed E-state index contributed by atoms with van der Waals surface area (Å²) in [5.41, 5.74) is -0.107. The van der Waals surface area contributed by atoms with Gasteiger partial charge >= 0.3 is 5.97 Å². The number of halogens is 2. The van der Waals surface area contributed by atoms with Gasteiger partial charge in [-0.15, -0.1) is 0 Å². The van der Waals surface area contributed by atoms with Crippen molar-refractivity contribution in [3.8, 4) is 5.75 Å². The summed E-state index contributed by atoms with van der Waals surface area (Å²) in [7, 11) is 0. The molecule has 0 radical (unpaired) electrons. The lowest BCUT2D eigenvalue weighted by molar-refractivity contribution is 0.0499. The van der Waals surface area contributed by atoms with Gasteiger partial charge in [0.25, 0.3) is 0 Å². The van der Waals surface area contributed by atoms with Gasteiger partial charge in [-0.3, -0.25) is 0 Å². The Kier molecular flexibility index (Phi) is 3.54. The summed E-state index contributed by atoms with van der Waals surface area (Å²) < 4.78 is 0. The minimum Gasteiger partial charge on any atom is -0.409 e. The third-order valence-corrected chi connectivity index (χ3v) is 2.10. The predicted molar refractivity (Wildman–Crippen MR) is 50.9 cm³/mol. The van der Waals surface area contributed by atoms with Gasteiger partial charge in [-0.05, 0) is 12.1 Å². The molecule has 0 aromatic heterocycles. The molecule has 0 aliphatic rings. The van der Waals surface area contributed by atoms with Crippen LogP contribution in [0.15, 0.2) is 12.1 Å². The second kappa shape index (κ2) is 4.47. The fourth-order valence-electron chi connectivity index (χ4n) is 0.898. The van der Waals surface area contributed by atoms with Crippen molar-refractivity contribution in [2.24, 2.45) is 11.8 Å². The molecule has 0 bridgehead atoms. The summed E-state index contributed by atoms with van der Waals surface area (Å²) in [5, 5.41) is 0.225. The maximum atomic E-state index is 11.1. The lowest BCUT2D eigenvalue weighted by atomic mass is 10.2. The van der Waals surface area contributed by atoms with Crippen molar-refractivity contribution >= 4 is 29.2 Å². The molecule has 0 aliphatic carbocycles. The van der Waals surface area contributed by atoms with E-state index in [1.54, 1.807) is 0 Å². The Bertz CT molecular complexity index is 370. The molecule has 0 heterocycles. The molecule has 1 aromatic rings. The Hall–Kier alpha value is -1.01. The third-order valence-electron chi connectivity index (χ3n) is 1.49. The molecular weight excluding hydrogens is 231 g/mol. The molecule has 0 spiro atoms. The molecule has 7 heteroatoms. The van der Waals surface area contributed by atoms with Gasteiger partial charge in [-0.2, -0.15) is 11.8 Å². The van der Waals surface area contributed by atoms with E-state index in [4.69, 9.17) is 35.0 Å². The first-order valence-electron chi connectivity index (χ1n) is 3.37. The van der Waals surface area contributed by atoms with Crippen LogP contribution in [-0.4, -0.2) is 5.97 Å². The Morgan fingerprint density at radius 3 is 2.29 bits per heavy atom. The number of carbonyl (C=O) groups is 1. The van der Waals surface area contributed by atoms with Gasteiger partial charge in [0.15, 0.2) is 5.75 Å². The van der Waals surface area contributed by atoms with E-state index in [1.807, 2.05) is 0 Å². The van der Waals surface area contributed by atoms with Gasteiger partial charge in [0.2, 0.25) is 0 Å². The zero-order valence-electron chi connectivity index (χ0n) is 6.79. The van der Waals surface area contributed by atoms with Crippen LogP contribution in [0.5, 0.6) is 5.75 Å².